The van der Waals surface area contributed by atoms with Crippen LogP contribution in [0.2, 0.25) is 0 Å². The number of rotatable bonds is 2. The predicted octanol–water partition coefficient (Wildman–Crippen LogP) is 7.58. The molecule has 0 bridgehead atoms. The van der Waals surface area contributed by atoms with Crippen LogP contribution in [-0.4, -0.2) is 4.31 Å². The molecule has 0 nitrogen and oxygen atoms in total. The monoisotopic (exact) mass is 432 g/mol. The molecule has 0 radical (unpaired) electrons. The summed E-state index contributed by atoms with van der Waals surface area (Å²) < 4.78 is 2.37. The van der Waals surface area contributed by atoms with Crippen molar-refractivity contribution in [2.45, 2.75) is 43.1 Å². The first-order valence-corrected chi connectivity index (χ1v) is 16.6. The van der Waals surface area contributed by atoms with E-state index < -0.39 is 12.7 Å². The van der Waals surface area contributed by atoms with Gasteiger partial charge in [-0.3, -0.25) is 0 Å². The maximum absolute atomic E-state index is 7.69. The van der Waals surface area contributed by atoms with E-state index >= 15 is 0 Å². The second kappa shape index (κ2) is 6.29. The number of hydrogen-bond acceptors (Lipinski definition) is 0. The molecule has 2 aromatic carbocycles. The summed E-state index contributed by atoms with van der Waals surface area (Å²) in [4.78, 5) is 0. The molecular formula is C24H26Cl2Ti. The van der Waals surface area contributed by atoms with E-state index in [0.29, 0.717) is 0 Å². The number of allylic oxidation sites excluding steroid dienone is 2. The average Bonchev–Trinajstić information content (AvgIpc) is 3.28. The first kappa shape index (κ1) is 19.4. The maximum atomic E-state index is 7.69. The van der Waals surface area contributed by atoms with E-state index in [1.807, 2.05) is 0 Å². The van der Waals surface area contributed by atoms with E-state index in [4.69, 9.17) is 18.6 Å². The zero-order chi connectivity index (χ0) is 19.6. The summed E-state index contributed by atoms with van der Waals surface area (Å²) in [7, 11) is 15.4. The number of aryl methyl sites for hydroxylation is 4. The molecule has 4 rings (SSSR count). The molecule has 0 saturated carbocycles. The average molecular weight is 433 g/mol. The number of fused-ring (bicyclic) bond motifs is 2. The van der Waals surface area contributed by atoms with Crippen molar-refractivity contribution in [3.8, 4) is 0 Å². The number of halogens is 2. The summed E-state index contributed by atoms with van der Waals surface area (Å²) in [6.07, 6.45) is 9.03. The van der Waals surface area contributed by atoms with Gasteiger partial charge in [-0.2, -0.15) is 0 Å². The second-order valence-electron chi connectivity index (χ2n) is 8.24. The Morgan fingerprint density at radius 3 is 1.44 bits per heavy atom. The second-order valence-corrected chi connectivity index (χ2v) is 22.7. The molecule has 27 heavy (non-hydrogen) atoms. The van der Waals surface area contributed by atoms with Crippen molar-refractivity contribution in [1.29, 1.82) is 0 Å². The fourth-order valence-corrected chi connectivity index (χ4v) is 14.1. The van der Waals surface area contributed by atoms with E-state index in [9.17, 15) is 0 Å². The van der Waals surface area contributed by atoms with Gasteiger partial charge in [0.1, 0.15) is 0 Å². The molecule has 2 aromatic rings. The summed E-state index contributed by atoms with van der Waals surface area (Å²) in [5.41, 5.74) is 10.4. The molecule has 2 unspecified atom stereocenters. The third-order valence-electron chi connectivity index (χ3n) is 6.72. The first-order chi connectivity index (χ1) is 12.7. The molecule has 0 fully saturated rings. The zero-order valence-electron chi connectivity index (χ0n) is 16.6. The molecule has 2 atom stereocenters. The van der Waals surface area contributed by atoms with Gasteiger partial charge in [0.25, 0.3) is 0 Å². The van der Waals surface area contributed by atoms with Crippen LogP contribution >= 0.6 is 18.6 Å². The van der Waals surface area contributed by atoms with Gasteiger partial charge < -0.3 is 0 Å². The van der Waals surface area contributed by atoms with Gasteiger partial charge in [0.05, 0.1) is 0 Å². The third-order valence-corrected chi connectivity index (χ3v) is 19.3. The van der Waals surface area contributed by atoms with Crippen LogP contribution in [0, 0.1) is 27.7 Å². The molecule has 0 aliphatic heterocycles. The minimum atomic E-state index is -4.19. The molecular weight excluding hydrogens is 407 g/mol. The standard InChI is InChI=1S/2C11H11.C2H4.2ClH.Ti/c2*1-8-6-7-9(2)11-5-3-4-10(8)11;1-2;;;/h2*3-7H,1-2H3;1H,2H3;2*1H;/q;;;;;+2/p-2. The van der Waals surface area contributed by atoms with Gasteiger partial charge in [-0.1, -0.05) is 0 Å². The Morgan fingerprint density at radius 1 is 0.704 bits per heavy atom. The summed E-state index contributed by atoms with van der Waals surface area (Å²) in [6.45, 7) is 10.8. The van der Waals surface area contributed by atoms with Crippen molar-refractivity contribution in [2.75, 3.05) is 0 Å². The van der Waals surface area contributed by atoms with Crippen molar-refractivity contribution in [2.24, 2.45) is 0 Å². The van der Waals surface area contributed by atoms with Crippen LogP contribution in [0.5, 0.6) is 0 Å². The fourth-order valence-electron chi connectivity index (χ4n) is 5.03. The molecule has 0 N–H and O–H groups in total. The Bertz CT molecular complexity index is 1020. The van der Waals surface area contributed by atoms with Crippen molar-refractivity contribution >= 4 is 35.1 Å². The van der Waals surface area contributed by atoms with E-state index in [1.54, 1.807) is 0 Å². The first-order valence-electron chi connectivity index (χ1n) is 9.63. The number of benzene rings is 2. The molecule has 2 aliphatic carbocycles. The fraction of sp³-hybridized carbons (Fsp3) is 0.292. The minimum absolute atomic E-state index is 0.0887. The number of hydrogen-bond donors (Lipinski definition) is 0. The molecule has 0 aromatic heterocycles. The van der Waals surface area contributed by atoms with Gasteiger partial charge in [0.2, 0.25) is 0 Å². The topological polar surface area (TPSA) is 0 Å². The van der Waals surface area contributed by atoms with Crippen LogP contribution in [0.1, 0.15) is 59.9 Å². The van der Waals surface area contributed by atoms with E-state index in [-0.39, 0.29) is 8.45 Å². The molecule has 0 amide bonds. The van der Waals surface area contributed by atoms with E-state index in [0.717, 1.165) is 0 Å². The van der Waals surface area contributed by atoms with Crippen molar-refractivity contribution in [3.05, 3.63) is 80.9 Å². The normalized spacial score (nSPS) is 20.7. The third kappa shape index (κ3) is 2.65. The van der Waals surface area contributed by atoms with E-state index in [2.05, 4.69) is 87.5 Å². The van der Waals surface area contributed by atoms with Crippen LogP contribution in [0.4, 0.5) is 0 Å². The Hall–Kier alpha value is -0.916. The Balaban J connectivity index is 1.98. The Labute approximate surface area is 171 Å². The van der Waals surface area contributed by atoms with Gasteiger partial charge in [0, 0.05) is 0 Å². The van der Waals surface area contributed by atoms with Crippen LogP contribution in [0.25, 0.3) is 12.2 Å². The van der Waals surface area contributed by atoms with Crippen molar-refractivity contribution < 1.29 is 12.7 Å². The van der Waals surface area contributed by atoms with Gasteiger partial charge in [-0.25, -0.2) is 0 Å². The van der Waals surface area contributed by atoms with Crippen molar-refractivity contribution in [3.63, 3.8) is 0 Å². The van der Waals surface area contributed by atoms with Crippen LogP contribution in [-0.2, 0) is 12.7 Å². The molecule has 140 valence electrons. The summed E-state index contributed by atoms with van der Waals surface area (Å²) >= 11 is -4.19. The Morgan fingerprint density at radius 2 is 1.07 bits per heavy atom. The Kier molecular flexibility index (Phi) is 4.52. The molecule has 0 spiro atoms. The van der Waals surface area contributed by atoms with Crippen LogP contribution in [0.15, 0.2) is 36.4 Å². The molecule has 0 saturated heterocycles. The summed E-state index contributed by atoms with van der Waals surface area (Å²) in [5.74, 6) is 0. The van der Waals surface area contributed by atoms with Gasteiger partial charge in [-0.05, 0) is 0 Å². The quantitative estimate of drug-likeness (QED) is 0.429. The van der Waals surface area contributed by atoms with Gasteiger partial charge in [0.15, 0.2) is 0 Å². The van der Waals surface area contributed by atoms with Crippen molar-refractivity contribution in [1.82, 2.24) is 0 Å². The summed E-state index contributed by atoms with van der Waals surface area (Å²) in [6, 6.07) is 8.80. The van der Waals surface area contributed by atoms with Gasteiger partial charge in [-0.15, -0.1) is 0 Å². The van der Waals surface area contributed by atoms with Gasteiger partial charge >= 0.3 is 172 Å². The molecule has 3 heteroatoms. The molecule has 0 heterocycles. The predicted molar refractivity (Wildman–Crippen MR) is 119 cm³/mol. The van der Waals surface area contributed by atoms with Crippen LogP contribution in [0.3, 0.4) is 0 Å². The zero-order valence-corrected chi connectivity index (χ0v) is 19.7. The summed E-state index contributed by atoms with van der Waals surface area (Å²) in [5, 5.41) is 0. The van der Waals surface area contributed by atoms with Crippen LogP contribution < -0.4 is 0 Å². The molecule has 2 aliphatic rings. The van der Waals surface area contributed by atoms with E-state index in [1.165, 1.54) is 44.5 Å². The SMILES string of the molecule is C[CH]=[Ti]([Cl])([Cl])([CH]1C=Cc2c(C)ccc(C)c21)[CH]1C=Cc2c(C)ccc(C)c21.